The first-order chi connectivity index (χ1) is 8.68. The third-order valence-corrected chi connectivity index (χ3v) is 5.52. The molecule has 2 fully saturated rings. The Hall–Kier alpha value is -1.02. The quantitative estimate of drug-likeness (QED) is 0.660. The molecule has 2 heteroatoms. The van der Waals surface area contributed by atoms with Crippen molar-refractivity contribution in [3.63, 3.8) is 0 Å². The van der Waals surface area contributed by atoms with Gasteiger partial charge in [0.15, 0.2) is 0 Å². The first-order valence-electron chi connectivity index (χ1n) is 7.15. The van der Waals surface area contributed by atoms with Crippen molar-refractivity contribution in [2.24, 2.45) is 11.3 Å². The van der Waals surface area contributed by atoms with Crippen LogP contribution in [0.1, 0.15) is 33.6 Å². The normalized spacial score (nSPS) is 50.7. The lowest BCUT2D eigenvalue weighted by Crippen LogP contribution is -2.55. The van der Waals surface area contributed by atoms with Crippen LogP contribution < -0.4 is 5.32 Å². The molecule has 4 rings (SSSR count). The zero-order valence-corrected chi connectivity index (χ0v) is 11.4. The average Bonchev–Trinajstić information content (AvgIpc) is 2.76. The summed E-state index contributed by atoms with van der Waals surface area (Å²) in [5.41, 5.74) is 3.31. The highest BCUT2D eigenvalue weighted by molar-refractivity contribution is 5.54. The van der Waals surface area contributed by atoms with Crippen molar-refractivity contribution in [3.05, 3.63) is 35.1 Å². The monoisotopic (exact) mass is 243 g/mol. The molecule has 18 heavy (non-hydrogen) atoms. The van der Waals surface area contributed by atoms with E-state index < -0.39 is 0 Å². The van der Waals surface area contributed by atoms with E-state index in [1.807, 2.05) is 0 Å². The van der Waals surface area contributed by atoms with E-state index in [2.05, 4.69) is 44.3 Å². The SMILES string of the molecule is CC=C1C2=C(C)OC3CC=CC4C(C)NC1CC234. The van der Waals surface area contributed by atoms with E-state index in [0.717, 1.165) is 6.42 Å². The number of piperidine rings is 1. The van der Waals surface area contributed by atoms with Crippen molar-refractivity contribution in [2.45, 2.75) is 51.8 Å². The fourth-order valence-corrected chi connectivity index (χ4v) is 5.02. The highest BCUT2D eigenvalue weighted by Gasteiger charge is 2.64. The van der Waals surface area contributed by atoms with Crippen LogP contribution in [-0.4, -0.2) is 18.2 Å². The summed E-state index contributed by atoms with van der Waals surface area (Å²) in [6.45, 7) is 6.66. The van der Waals surface area contributed by atoms with Crippen molar-refractivity contribution in [1.82, 2.24) is 5.32 Å². The Kier molecular flexibility index (Phi) is 1.99. The summed E-state index contributed by atoms with van der Waals surface area (Å²) < 4.78 is 6.22. The second kappa shape index (κ2) is 3.30. The van der Waals surface area contributed by atoms with Gasteiger partial charge < -0.3 is 10.1 Å². The van der Waals surface area contributed by atoms with Gasteiger partial charge in [-0.25, -0.2) is 0 Å². The lowest BCUT2D eigenvalue weighted by atomic mass is 9.61. The predicted octanol–water partition coefficient (Wildman–Crippen LogP) is 2.93. The Morgan fingerprint density at radius 2 is 2.33 bits per heavy atom. The molecule has 0 amide bonds. The Morgan fingerprint density at radius 3 is 3.11 bits per heavy atom. The van der Waals surface area contributed by atoms with Crippen molar-refractivity contribution in [1.29, 1.82) is 0 Å². The summed E-state index contributed by atoms with van der Waals surface area (Å²) in [6, 6.07) is 1.09. The van der Waals surface area contributed by atoms with Crippen molar-refractivity contribution in [2.75, 3.05) is 0 Å². The predicted molar refractivity (Wildman–Crippen MR) is 72.0 cm³/mol. The zero-order valence-electron chi connectivity index (χ0n) is 11.4. The van der Waals surface area contributed by atoms with Crippen LogP contribution in [-0.2, 0) is 4.74 Å². The Balaban J connectivity index is 1.98. The van der Waals surface area contributed by atoms with Crippen LogP contribution in [0.25, 0.3) is 0 Å². The van der Waals surface area contributed by atoms with E-state index in [9.17, 15) is 0 Å². The number of rotatable bonds is 0. The highest BCUT2D eigenvalue weighted by atomic mass is 16.5. The van der Waals surface area contributed by atoms with Gasteiger partial charge in [-0.3, -0.25) is 0 Å². The number of hydrogen-bond donors (Lipinski definition) is 1. The average molecular weight is 243 g/mol. The second-order valence-electron chi connectivity index (χ2n) is 6.22. The van der Waals surface area contributed by atoms with Crippen LogP contribution in [0.5, 0.6) is 0 Å². The van der Waals surface area contributed by atoms with Crippen LogP contribution in [0.2, 0.25) is 0 Å². The van der Waals surface area contributed by atoms with Gasteiger partial charge in [-0.2, -0.15) is 0 Å². The van der Waals surface area contributed by atoms with Gasteiger partial charge in [0.05, 0.1) is 5.76 Å². The molecule has 1 N–H and O–H groups in total. The van der Waals surface area contributed by atoms with Gasteiger partial charge >= 0.3 is 0 Å². The summed E-state index contributed by atoms with van der Waals surface area (Å²) in [4.78, 5) is 0. The molecule has 2 aliphatic carbocycles. The standard InChI is InChI=1S/C16H21NO/c1-4-11-13-8-16-12(9(2)17-13)6-5-7-14(16)18-10(3)15(11)16/h4-6,9,12-14,17H,7-8H2,1-3H3. The fraction of sp³-hybridized carbons (Fsp3) is 0.625. The number of ether oxygens (including phenoxy) is 1. The van der Waals surface area contributed by atoms with Crippen molar-refractivity contribution < 1.29 is 4.74 Å². The minimum Gasteiger partial charge on any atom is -0.493 e. The lowest BCUT2D eigenvalue weighted by Gasteiger charge is -2.47. The van der Waals surface area contributed by atoms with Gasteiger partial charge in [0.2, 0.25) is 0 Å². The molecule has 5 atom stereocenters. The molecule has 2 aliphatic heterocycles. The summed E-state index contributed by atoms with van der Waals surface area (Å²) in [6.07, 6.45) is 9.74. The molecule has 0 radical (unpaired) electrons. The van der Waals surface area contributed by atoms with E-state index in [1.165, 1.54) is 23.3 Å². The minimum atomic E-state index is 0.274. The highest BCUT2D eigenvalue weighted by Crippen LogP contribution is 2.64. The Morgan fingerprint density at radius 1 is 1.50 bits per heavy atom. The molecule has 0 aromatic heterocycles. The molecule has 5 unspecified atom stereocenters. The number of allylic oxidation sites excluding steroid dienone is 2. The Bertz CT molecular complexity index is 501. The van der Waals surface area contributed by atoms with Gasteiger partial charge in [0.1, 0.15) is 6.10 Å². The summed E-state index contributed by atoms with van der Waals surface area (Å²) >= 11 is 0. The molecule has 1 saturated heterocycles. The molecule has 0 aromatic rings. The van der Waals surface area contributed by atoms with Gasteiger partial charge in [-0.05, 0) is 32.8 Å². The molecule has 2 heterocycles. The summed E-state index contributed by atoms with van der Waals surface area (Å²) in [5.74, 6) is 1.78. The molecular formula is C16H21NO. The summed E-state index contributed by atoms with van der Waals surface area (Å²) in [7, 11) is 0. The fourth-order valence-electron chi connectivity index (χ4n) is 5.02. The topological polar surface area (TPSA) is 21.3 Å². The largest absolute Gasteiger partial charge is 0.493 e. The lowest BCUT2D eigenvalue weighted by molar-refractivity contribution is 0.00250. The molecule has 1 spiro atoms. The number of hydrogen-bond acceptors (Lipinski definition) is 2. The van der Waals surface area contributed by atoms with Crippen molar-refractivity contribution in [3.8, 4) is 0 Å². The minimum absolute atomic E-state index is 0.274. The third kappa shape index (κ3) is 1.00. The van der Waals surface area contributed by atoms with E-state index in [4.69, 9.17) is 4.74 Å². The van der Waals surface area contributed by atoms with Crippen LogP contribution in [0, 0.1) is 11.3 Å². The van der Waals surface area contributed by atoms with Crippen LogP contribution >= 0.6 is 0 Å². The third-order valence-electron chi connectivity index (χ3n) is 5.52. The van der Waals surface area contributed by atoms with E-state index in [0.29, 0.717) is 24.1 Å². The van der Waals surface area contributed by atoms with Crippen molar-refractivity contribution >= 4 is 0 Å². The maximum Gasteiger partial charge on any atom is 0.112 e. The smallest absolute Gasteiger partial charge is 0.112 e. The molecule has 4 aliphatic rings. The van der Waals surface area contributed by atoms with E-state index in [-0.39, 0.29) is 5.41 Å². The van der Waals surface area contributed by atoms with Gasteiger partial charge in [-0.1, -0.05) is 18.2 Å². The second-order valence-corrected chi connectivity index (χ2v) is 6.22. The number of nitrogens with one attached hydrogen (secondary N) is 1. The van der Waals surface area contributed by atoms with E-state index >= 15 is 0 Å². The maximum absolute atomic E-state index is 6.22. The Labute approximate surface area is 109 Å². The van der Waals surface area contributed by atoms with E-state index in [1.54, 1.807) is 0 Å². The van der Waals surface area contributed by atoms with Crippen LogP contribution in [0.3, 0.4) is 0 Å². The zero-order chi connectivity index (χ0) is 12.5. The number of fused-ring (bicyclic) bond motifs is 1. The molecule has 2 nitrogen and oxygen atoms in total. The van der Waals surface area contributed by atoms with Gasteiger partial charge in [-0.15, -0.1) is 0 Å². The van der Waals surface area contributed by atoms with Crippen LogP contribution in [0.4, 0.5) is 0 Å². The molecule has 2 bridgehead atoms. The molecule has 96 valence electrons. The first kappa shape index (κ1) is 10.9. The molecule has 0 aromatic carbocycles. The van der Waals surface area contributed by atoms with Gasteiger partial charge in [0.25, 0.3) is 0 Å². The maximum atomic E-state index is 6.22. The van der Waals surface area contributed by atoms with Gasteiger partial charge in [0, 0.05) is 35.4 Å². The van der Waals surface area contributed by atoms with Crippen LogP contribution in [0.15, 0.2) is 35.1 Å². The molecule has 1 saturated carbocycles. The summed E-state index contributed by atoms with van der Waals surface area (Å²) in [5, 5.41) is 3.80. The molecular weight excluding hydrogens is 222 g/mol. The first-order valence-corrected chi connectivity index (χ1v) is 7.15.